The van der Waals surface area contributed by atoms with E-state index in [1.807, 2.05) is 43.5 Å². The fraction of sp³-hybridized carbons (Fsp3) is 0.219. The van der Waals surface area contributed by atoms with Crippen LogP contribution in [0.2, 0.25) is 0 Å². The molecule has 0 atom stereocenters. The molecule has 0 fully saturated rings. The molecule has 3 aromatic carbocycles. The molecule has 44 heavy (non-hydrogen) atoms. The van der Waals surface area contributed by atoms with E-state index in [0.717, 1.165) is 27.2 Å². The van der Waals surface area contributed by atoms with Gasteiger partial charge in [0.2, 0.25) is 0 Å². The summed E-state index contributed by atoms with van der Waals surface area (Å²) < 4.78 is 55.3. The largest absolute Gasteiger partial charge is 0.465 e. The number of esters is 1. The van der Waals surface area contributed by atoms with Gasteiger partial charge in [0, 0.05) is 4.90 Å². The summed E-state index contributed by atoms with van der Waals surface area (Å²) in [6.45, 7) is 2.01. The summed E-state index contributed by atoms with van der Waals surface area (Å²) >= 11 is 1.66. The number of hydrogen-bond acceptors (Lipinski definition) is 9. The molecule has 9 nitrogen and oxygen atoms in total. The van der Waals surface area contributed by atoms with Crippen molar-refractivity contribution in [3.05, 3.63) is 106 Å². The molecule has 0 spiro atoms. The maximum absolute atomic E-state index is 14.2. The van der Waals surface area contributed by atoms with E-state index >= 15 is 0 Å². The number of thioether (sulfide) groups is 1. The molecule has 1 aromatic heterocycles. The van der Waals surface area contributed by atoms with Crippen LogP contribution in [0, 0.1) is 11.0 Å². The molecule has 0 bridgehead atoms. The molecule has 0 radical (unpaired) electrons. The van der Waals surface area contributed by atoms with Crippen LogP contribution >= 0.6 is 11.8 Å². The lowest BCUT2D eigenvalue weighted by molar-refractivity contribution is -0.832. The number of nitrogens with zero attached hydrogens (tertiary/aromatic N) is 2. The molecule has 4 aromatic rings. The molecule has 1 aliphatic carbocycles. The molecule has 0 unspecified atom stereocenters. The van der Waals surface area contributed by atoms with Crippen molar-refractivity contribution in [1.29, 1.82) is 0 Å². The van der Waals surface area contributed by atoms with E-state index in [1.54, 1.807) is 23.9 Å². The van der Waals surface area contributed by atoms with Crippen molar-refractivity contribution in [1.82, 2.24) is 5.16 Å². The summed E-state index contributed by atoms with van der Waals surface area (Å²) in [4.78, 5) is 13.6. The molecule has 1 heterocycles. The Bertz CT molecular complexity index is 1830. The maximum Gasteiger partial charge on any atom is 0.414 e. The molecule has 12 heteroatoms. The number of allylic oxidation sites excluding steroid dienone is 2. The van der Waals surface area contributed by atoms with Gasteiger partial charge < -0.3 is 14.7 Å². The van der Waals surface area contributed by atoms with Gasteiger partial charge in [-0.1, -0.05) is 36.4 Å². The van der Waals surface area contributed by atoms with Gasteiger partial charge in [0.25, 0.3) is 9.84 Å². The van der Waals surface area contributed by atoms with E-state index in [4.69, 9.17) is 9.47 Å². The van der Waals surface area contributed by atoms with Crippen molar-refractivity contribution in [3.63, 3.8) is 0 Å². The quantitative estimate of drug-likeness (QED) is 0.0783. The van der Waals surface area contributed by atoms with Gasteiger partial charge in [0.15, 0.2) is 0 Å². The fourth-order valence-electron chi connectivity index (χ4n) is 4.84. The van der Waals surface area contributed by atoms with Gasteiger partial charge in [-0.05, 0) is 107 Å². The predicted octanol–water partition coefficient (Wildman–Crippen LogP) is 6.12. The van der Waals surface area contributed by atoms with Gasteiger partial charge in [-0.3, -0.25) is 9.42 Å². The normalized spacial score (nSPS) is 13.8. The van der Waals surface area contributed by atoms with Crippen molar-refractivity contribution >= 4 is 44.8 Å². The van der Waals surface area contributed by atoms with Crippen LogP contribution in [0.3, 0.4) is 0 Å². The Morgan fingerprint density at radius 1 is 1.05 bits per heavy atom. The summed E-state index contributed by atoms with van der Waals surface area (Å²) in [5.74, 6) is -1.29. The summed E-state index contributed by atoms with van der Waals surface area (Å²) in [5.41, 5.74) is 5.05. The topological polar surface area (TPSA) is 123 Å². The molecular weight excluding hydrogens is 607 g/mol. The van der Waals surface area contributed by atoms with Crippen molar-refractivity contribution in [3.8, 4) is 5.88 Å². The molecule has 0 saturated heterocycles. The van der Waals surface area contributed by atoms with E-state index in [9.17, 15) is 22.8 Å². The molecule has 0 aliphatic heterocycles. The second kappa shape index (κ2) is 13.5. The van der Waals surface area contributed by atoms with E-state index in [2.05, 4.69) is 9.79 Å². The molecular formula is C32H29FN2O7S2. The van der Waals surface area contributed by atoms with E-state index in [1.165, 1.54) is 36.4 Å². The smallest absolute Gasteiger partial charge is 0.414 e. The van der Waals surface area contributed by atoms with Crippen molar-refractivity contribution < 1.29 is 36.6 Å². The highest BCUT2D eigenvalue weighted by Gasteiger charge is 2.35. The highest BCUT2D eigenvalue weighted by atomic mass is 32.2. The zero-order valence-electron chi connectivity index (χ0n) is 24.0. The Hall–Kier alpha value is -4.42. The number of sulfone groups is 1. The van der Waals surface area contributed by atoms with Crippen LogP contribution in [-0.2, 0) is 19.4 Å². The van der Waals surface area contributed by atoms with E-state index < -0.39 is 26.7 Å². The molecule has 5 rings (SSSR count). The number of aromatic nitrogens is 2. The second-order valence-corrected chi connectivity index (χ2v) is 12.7. The summed E-state index contributed by atoms with van der Waals surface area (Å²) in [6, 6.07) is 20.1. The zero-order chi connectivity index (χ0) is 31.3. The Balaban J connectivity index is 1.17. The van der Waals surface area contributed by atoms with Crippen molar-refractivity contribution in [2.75, 3.05) is 19.5 Å². The van der Waals surface area contributed by atoms with E-state index in [-0.39, 0.29) is 35.3 Å². The van der Waals surface area contributed by atoms with Gasteiger partial charge in [0.1, 0.15) is 5.82 Å². The highest BCUT2D eigenvalue weighted by Crippen LogP contribution is 2.44. The first-order chi connectivity index (χ1) is 21.2. The maximum atomic E-state index is 14.2. The number of benzene rings is 3. The molecule has 0 saturated carbocycles. The van der Waals surface area contributed by atoms with Crippen LogP contribution in [0.1, 0.15) is 42.9 Å². The lowest BCUT2D eigenvalue weighted by atomic mass is 10.0. The van der Waals surface area contributed by atoms with Gasteiger partial charge in [0.05, 0.1) is 29.7 Å². The number of halogens is 1. The van der Waals surface area contributed by atoms with Gasteiger partial charge >= 0.3 is 16.9 Å². The Kier molecular flexibility index (Phi) is 9.50. The van der Waals surface area contributed by atoms with E-state index in [0.29, 0.717) is 24.0 Å². The monoisotopic (exact) mass is 636 g/mol. The van der Waals surface area contributed by atoms with Crippen LogP contribution < -0.4 is 9.64 Å². The predicted molar refractivity (Wildman–Crippen MR) is 163 cm³/mol. The van der Waals surface area contributed by atoms with Gasteiger partial charge in [-0.15, -0.1) is 11.8 Å². The Morgan fingerprint density at radius 3 is 2.50 bits per heavy atom. The van der Waals surface area contributed by atoms with Crippen LogP contribution in [0.25, 0.3) is 17.2 Å². The standard InChI is InChI=1S/C32H29FN2O7S2/c1-21-27(18-22-10-13-24(43-2)14-11-22)26-15-12-23(33)19-29(26)28(21)20-30(36)40-16-6-7-17-41-31-32(35(37)42-34-31)44(38,39)25-8-4-3-5-9-25/h3-5,8-15,18-19H,6-7,16-17,20H2,1-2H3/b27-18-. The SMILES string of the molecule is CSc1ccc(/C=C2/C(C)=C(CC(=O)OCCCCOc3no[n+]([O-])c3S(=O)(=O)c3ccccc3)c3cc(F)ccc32)cc1. The summed E-state index contributed by atoms with van der Waals surface area (Å²) in [6.07, 6.45) is 4.81. The summed E-state index contributed by atoms with van der Waals surface area (Å²) in [5, 5.41) is 14.7. The molecule has 228 valence electrons. The zero-order valence-corrected chi connectivity index (χ0v) is 25.6. The highest BCUT2D eigenvalue weighted by molar-refractivity contribution is 7.98. The first-order valence-electron chi connectivity index (χ1n) is 13.7. The number of fused-ring (bicyclic) bond motifs is 1. The van der Waals surface area contributed by atoms with Crippen LogP contribution in [0.15, 0.2) is 97.8 Å². The first-order valence-corrected chi connectivity index (χ1v) is 16.4. The third-order valence-corrected chi connectivity index (χ3v) is 9.57. The number of unbranched alkanes of at least 4 members (excludes halogenated alkanes) is 1. The second-order valence-electron chi connectivity index (χ2n) is 9.93. The van der Waals surface area contributed by atoms with Gasteiger partial charge in [-0.2, -0.15) is 0 Å². The van der Waals surface area contributed by atoms with Crippen molar-refractivity contribution in [2.24, 2.45) is 0 Å². The Labute approximate surface area is 258 Å². The summed E-state index contributed by atoms with van der Waals surface area (Å²) in [7, 11) is -4.21. The lowest BCUT2D eigenvalue weighted by Gasteiger charge is -2.08. The third-order valence-electron chi connectivity index (χ3n) is 7.10. The van der Waals surface area contributed by atoms with Crippen LogP contribution in [0.5, 0.6) is 5.88 Å². The number of hydrogen-bond donors (Lipinski definition) is 0. The average molecular weight is 637 g/mol. The van der Waals surface area contributed by atoms with Crippen LogP contribution in [-0.4, -0.2) is 39.0 Å². The lowest BCUT2D eigenvalue weighted by Crippen LogP contribution is -2.31. The van der Waals surface area contributed by atoms with Crippen molar-refractivity contribution in [2.45, 2.75) is 41.0 Å². The molecule has 1 aliphatic rings. The third kappa shape index (κ3) is 6.71. The first kappa shape index (κ1) is 31.0. The number of carbonyl (C=O) groups is 1. The number of carbonyl (C=O) groups excluding carboxylic acids is 1. The Morgan fingerprint density at radius 2 is 1.77 bits per heavy atom. The minimum Gasteiger partial charge on any atom is -0.465 e. The molecule has 0 amide bonds. The van der Waals surface area contributed by atoms with Gasteiger partial charge in [-0.25, -0.2) is 12.8 Å². The minimum atomic E-state index is -4.21. The molecule has 0 N–H and O–H groups in total. The number of ether oxygens (including phenoxy) is 2. The average Bonchev–Trinajstić information content (AvgIpc) is 3.52. The fourth-order valence-corrected chi connectivity index (χ4v) is 6.55. The minimum absolute atomic E-state index is 0.00435. The van der Waals surface area contributed by atoms with Crippen LogP contribution in [0.4, 0.5) is 4.39 Å². The number of rotatable bonds is 12.